The van der Waals surface area contributed by atoms with Crippen LogP contribution in [0.2, 0.25) is 0 Å². The molecule has 0 aliphatic carbocycles. The van der Waals surface area contributed by atoms with Crippen molar-refractivity contribution >= 4 is 19.9 Å². The Morgan fingerprint density at radius 3 is 2.41 bits per heavy atom. The van der Waals surface area contributed by atoms with E-state index in [0.29, 0.717) is 18.6 Å². The van der Waals surface area contributed by atoms with E-state index in [4.69, 9.17) is 4.74 Å². The first-order chi connectivity index (χ1) is 12.7. The zero-order valence-corrected chi connectivity index (χ0v) is 16.9. The Morgan fingerprint density at radius 2 is 1.74 bits per heavy atom. The molecule has 8 heteroatoms. The van der Waals surface area contributed by atoms with Gasteiger partial charge in [0.2, 0.25) is 19.9 Å². The summed E-state index contributed by atoms with van der Waals surface area (Å²) in [5.74, 6) is 0.493. The number of benzene rings is 2. The molecule has 1 N–H and O–H groups in total. The van der Waals surface area contributed by atoms with Crippen molar-refractivity contribution in [3.8, 4) is 5.75 Å². The van der Waals surface area contributed by atoms with Gasteiger partial charge in [0.15, 0.2) is 0 Å². The number of hydrogen-bond acceptors (Lipinski definition) is 5. The number of sulfone groups is 1. The monoisotopic (exact) mass is 409 g/mol. The number of rotatable bonds is 6. The van der Waals surface area contributed by atoms with Crippen LogP contribution in [0.5, 0.6) is 5.75 Å². The van der Waals surface area contributed by atoms with Crippen molar-refractivity contribution in [2.75, 3.05) is 6.54 Å². The Labute approximate surface area is 160 Å². The van der Waals surface area contributed by atoms with E-state index in [9.17, 15) is 16.8 Å². The van der Waals surface area contributed by atoms with Gasteiger partial charge in [0.25, 0.3) is 0 Å². The van der Waals surface area contributed by atoms with Crippen LogP contribution in [-0.2, 0) is 26.3 Å². The minimum atomic E-state index is -3.63. The molecule has 0 spiro atoms. The summed E-state index contributed by atoms with van der Waals surface area (Å²) in [6.45, 7) is 3.38. The Kier molecular flexibility index (Phi) is 5.60. The van der Waals surface area contributed by atoms with Crippen molar-refractivity contribution in [1.82, 2.24) is 4.72 Å². The van der Waals surface area contributed by atoms with Gasteiger partial charge >= 0.3 is 0 Å². The van der Waals surface area contributed by atoms with Gasteiger partial charge in [0, 0.05) is 6.54 Å². The summed E-state index contributed by atoms with van der Waals surface area (Å²) in [4.78, 5) is 0.387. The molecule has 1 aliphatic rings. The Balaban J connectivity index is 1.80. The molecule has 3 rings (SSSR count). The summed E-state index contributed by atoms with van der Waals surface area (Å²) in [6, 6.07) is 13.1. The van der Waals surface area contributed by atoms with E-state index in [1.54, 1.807) is 56.3 Å². The number of sulfonamides is 1. The maximum absolute atomic E-state index is 12.8. The summed E-state index contributed by atoms with van der Waals surface area (Å²) in [5.41, 5.74) is 0.921. The standard InChI is InChI=1S/C19H23NO5S2/c1-14(2)27(23,24)20-13-16-10-8-15-9-11-18(12-19(15)25-16)26(21,22)17-6-4-3-5-7-17/h3-7,9,11-12,14,16,20H,8,10,13H2,1-2H3/t16-/m1/s1. The molecule has 0 amide bonds. The predicted octanol–water partition coefficient (Wildman–Crippen LogP) is 2.54. The average molecular weight is 410 g/mol. The molecular weight excluding hydrogens is 386 g/mol. The smallest absolute Gasteiger partial charge is 0.214 e. The fourth-order valence-electron chi connectivity index (χ4n) is 2.83. The molecule has 2 aromatic rings. The second kappa shape index (κ2) is 7.61. The van der Waals surface area contributed by atoms with Crippen molar-refractivity contribution in [3.05, 3.63) is 54.1 Å². The van der Waals surface area contributed by atoms with E-state index in [-0.39, 0.29) is 22.4 Å². The van der Waals surface area contributed by atoms with Crippen LogP contribution in [0, 0.1) is 0 Å². The van der Waals surface area contributed by atoms with Crippen LogP contribution in [0.15, 0.2) is 58.3 Å². The third-order valence-electron chi connectivity index (χ3n) is 4.56. The highest BCUT2D eigenvalue weighted by atomic mass is 32.2. The topological polar surface area (TPSA) is 89.5 Å². The van der Waals surface area contributed by atoms with Crippen molar-refractivity contribution in [1.29, 1.82) is 0 Å². The van der Waals surface area contributed by atoms with Crippen molar-refractivity contribution in [2.45, 2.75) is 47.8 Å². The van der Waals surface area contributed by atoms with E-state index in [0.717, 1.165) is 5.56 Å². The molecule has 0 saturated carbocycles. The van der Waals surface area contributed by atoms with Crippen molar-refractivity contribution < 1.29 is 21.6 Å². The lowest BCUT2D eigenvalue weighted by Crippen LogP contribution is -2.40. The molecule has 0 fully saturated rings. The highest BCUT2D eigenvalue weighted by Crippen LogP contribution is 2.32. The summed E-state index contributed by atoms with van der Waals surface area (Å²) in [7, 11) is -7.00. The van der Waals surface area contributed by atoms with Gasteiger partial charge in [0.1, 0.15) is 11.9 Å². The molecule has 1 heterocycles. The summed E-state index contributed by atoms with van der Waals surface area (Å²) in [6.07, 6.45) is 1.04. The molecule has 146 valence electrons. The van der Waals surface area contributed by atoms with E-state index in [1.807, 2.05) is 0 Å². The van der Waals surface area contributed by atoms with E-state index in [2.05, 4.69) is 4.72 Å². The van der Waals surface area contributed by atoms with Crippen LogP contribution >= 0.6 is 0 Å². The van der Waals surface area contributed by atoms with Crippen LogP contribution in [0.25, 0.3) is 0 Å². The first kappa shape index (κ1) is 19.9. The maximum atomic E-state index is 12.8. The number of fused-ring (bicyclic) bond motifs is 1. The minimum absolute atomic E-state index is 0.162. The average Bonchev–Trinajstić information content (AvgIpc) is 2.66. The maximum Gasteiger partial charge on any atom is 0.214 e. The molecule has 0 saturated heterocycles. The fraction of sp³-hybridized carbons (Fsp3) is 0.368. The quantitative estimate of drug-likeness (QED) is 0.792. The molecule has 1 aliphatic heterocycles. The van der Waals surface area contributed by atoms with Crippen LogP contribution < -0.4 is 9.46 Å². The predicted molar refractivity (Wildman–Crippen MR) is 103 cm³/mol. The van der Waals surface area contributed by atoms with Gasteiger partial charge in [-0.25, -0.2) is 21.6 Å². The third-order valence-corrected chi connectivity index (χ3v) is 8.14. The first-order valence-corrected chi connectivity index (χ1v) is 11.8. The molecule has 0 unspecified atom stereocenters. The van der Waals surface area contributed by atoms with Gasteiger partial charge in [-0.2, -0.15) is 0 Å². The van der Waals surface area contributed by atoms with Crippen LogP contribution in [-0.4, -0.2) is 34.7 Å². The lowest BCUT2D eigenvalue weighted by atomic mass is 10.0. The highest BCUT2D eigenvalue weighted by Gasteiger charge is 2.25. The lowest BCUT2D eigenvalue weighted by molar-refractivity contribution is 0.176. The molecule has 2 aromatic carbocycles. The molecule has 1 atom stereocenters. The zero-order valence-electron chi connectivity index (χ0n) is 15.3. The van der Waals surface area contributed by atoms with Gasteiger partial charge in [-0.1, -0.05) is 24.3 Å². The van der Waals surface area contributed by atoms with Crippen molar-refractivity contribution in [2.24, 2.45) is 0 Å². The van der Waals surface area contributed by atoms with E-state index >= 15 is 0 Å². The number of aryl methyl sites for hydroxylation is 1. The van der Waals surface area contributed by atoms with Crippen LogP contribution in [0.3, 0.4) is 0 Å². The molecule has 0 radical (unpaired) electrons. The van der Waals surface area contributed by atoms with Gasteiger partial charge in [-0.3, -0.25) is 0 Å². The highest BCUT2D eigenvalue weighted by molar-refractivity contribution is 7.91. The van der Waals surface area contributed by atoms with Gasteiger partial charge in [0.05, 0.1) is 15.0 Å². The number of ether oxygens (including phenoxy) is 1. The SMILES string of the molecule is CC(C)S(=O)(=O)NC[C@H]1CCc2ccc(S(=O)(=O)c3ccccc3)cc2O1. The first-order valence-electron chi connectivity index (χ1n) is 8.78. The van der Waals surface area contributed by atoms with Gasteiger partial charge < -0.3 is 4.74 Å². The second-order valence-electron chi connectivity index (χ2n) is 6.81. The molecule has 6 nitrogen and oxygen atoms in total. The second-order valence-corrected chi connectivity index (χ2v) is 11.1. The van der Waals surface area contributed by atoms with Gasteiger partial charge in [-0.15, -0.1) is 0 Å². The lowest BCUT2D eigenvalue weighted by Gasteiger charge is -2.27. The van der Waals surface area contributed by atoms with E-state index in [1.165, 1.54) is 6.07 Å². The fourth-order valence-corrected chi connectivity index (χ4v) is 4.88. The summed E-state index contributed by atoms with van der Waals surface area (Å²) >= 11 is 0. The number of nitrogens with one attached hydrogen (secondary N) is 1. The number of hydrogen-bond donors (Lipinski definition) is 1. The van der Waals surface area contributed by atoms with Crippen molar-refractivity contribution in [3.63, 3.8) is 0 Å². The van der Waals surface area contributed by atoms with Gasteiger partial charge in [-0.05, 0) is 56.5 Å². The Bertz CT molecular complexity index is 1020. The molecule has 0 aromatic heterocycles. The Hall–Kier alpha value is -1.90. The minimum Gasteiger partial charge on any atom is -0.489 e. The summed E-state index contributed by atoms with van der Waals surface area (Å²) in [5, 5.41) is -0.518. The Morgan fingerprint density at radius 1 is 1.04 bits per heavy atom. The van der Waals surface area contributed by atoms with Crippen LogP contribution in [0.4, 0.5) is 0 Å². The molecule has 27 heavy (non-hydrogen) atoms. The van der Waals surface area contributed by atoms with E-state index < -0.39 is 25.1 Å². The zero-order chi connectivity index (χ0) is 19.7. The summed E-state index contributed by atoms with van der Waals surface area (Å²) < 4.78 is 57.8. The normalized spacial score (nSPS) is 17.4. The largest absolute Gasteiger partial charge is 0.489 e. The van der Waals surface area contributed by atoms with Crippen LogP contribution in [0.1, 0.15) is 25.8 Å². The molecular formula is C19H23NO5S2. The molecule has 0 bridgehead atoms. The third kappa shape index (κ3) is 4.34.